The van der Waals surface area contributed by atoms with Crippen molar-refractivity contribution in [1.82, 2.24) is 0 Å². The van der Waals surface area contributed by atoms with Crippen molar-refractivity contribution in [3.05, 3.63) is 22.8 Å². The van der Waals surface area contributed by atoms with Crippen molar-refractivity contribution >= 4 is 17.7 Å². The lowest BCUT2D eigenvalue weighted by molar-refractivity contribution is -0.227. The maximum atomic E-state index is 13.8. The number of Topliss-reactive ketones (excluding diaryl/α,β-unsaturated/α-hetero) is 1. The summed E-state index contributed by atoms with van der Waals surface area (Å²) >= 11 is 0. The Morgan fingerprint density at radius 3 is 2.42 bits per heavy atom. The van der Waals surface area contributed by atoms with Crippen LogP contribution >= 0.6 is 0 Å². The fourth-order valence-corrected chi connectivity index (χ4v) is 8.31. The van der Waals surface area contributed by atoms with E-state index in [0.29, 0.717) is 41.4 Å². The lowest BCUT2D eigenvalue weighted by Gasteiger charge is -2.56. The Morgan fingerprint density at radius 2 is 1.72 bits per heavy atom. The molecule has 6 heteroatoms. The van der Waals surface area contributed by atoms with E-state index in [1.54, 1.807) is 13.8 Å². The molecule has 1 N–H and O–H groups in total. The molecule has 36 heavy (non-hydrogen) atoms. The van der Waals surface area contributed by atoms with Crippen molar-refractivity contribution in [2.75, 3.05) is 0 Å². The van der Waals surface area contributed by atoms with Gasteiger partial charge in [-0.15, -0.1) is 0 Å². The van der Waals surface area contributed by atoms with E-state index in [2.05, 4.69) is 33.8 Å². The van der Waals surface area contributed by atoms with E-state index in [4.69, 9.17) is 9.47 Å². The summed E-state index contributed by atoms with van der Waals surface area (Å²) in [7, 11) is 0. The summed E-state index contributed by atoms with van der Waals surface area (Å²) in [5.74, 6) is -2.34. The minimum atomic E-state index is -1.73. The number of hydrogen-bond acceptors (Lipinski definition) is 6. The quantitative estimate of drug-likeness (QED) is 0.532. The first-order chi connectivity index (χ1) is 16.8. The minimum absolute atomic E-state index is 0.0427. The lowest BCUT2D eigenvalue weighted by Crippen LogP contribution is -2.59. The highest BCUT2D eigenvalue weighted by molar-refractivity contribution is 6.01. The Balaban J connectivity index is 1.49. The lowest BCUT2D eigenvalue weighted by atomic mass is 9.52. The molecule has 0 aromatic carbocycles. The van der Waals surface area contributed by atoms with E-state index < -0.39 is 35.2 Å². The van der Waals surface area contributed by atoms with Gasteiger partial charge in [0.2, 0.25) is 5.79 Å². The average Bonchev–Trinajstić information content (AvgIpc) is 3.04. The maximum Gasteiger partial charge on any atom is 0.336 e. The Hall–Kier alpha value is -1.95. The predicted octanol–water partition coefficient (Wildman–Crippen LogP) is 5.28. The third kappa shape index (κ3) is 3.57. The van der Waals surface area contributed by atoms with Crippen LogP contribution in [0.1, 0.15) is 92.9 Å². The number of rotatable bonds is 3. The van der Waals surface area contributed by atoms with Crippen LogP contribution in [0.5, 0.6) is 0 Å². The monoisotopic (exact) mass is 498 g/mol. The molecule has 198 valence electrons. The normalized spacial score (nSPS) is 45.2. The van der Waals surface area contributed by atoms with Gasteiger partial charge in [0, 0.05) is 29.4 Å². The van der Waals surface area contributed by atoms with Crippen LogP contribution in [0.3, 0.4) is 0 Å². The molecule has 0 amide bonds. The first-order valence-electron chi connectivity index (χ1n) is 14.0. The van der Waals surface area contributed by atoms with Gasteiger partial charge in [0.15, 0.2) is 5.78 Å². The molecule has 1 aliphatic heterocycles. The molecular weight excluding hydrogens is 456 g/mol. The van der Waals surface area contributed by atoms with Gasteiger partial charge in [-0.05, 0) is 62.2 Å². The molecule has 6 nitrogen and oxygen atoms in total. The van der Waals surface area contributed by atoms with Crippen molar-refractivity contribution < 1.29 is 29.0 Å². The number of carbonyl (C=O) groups is 3. The molecule has 4 aliphatic carbocycles. The van der Waals surface area contributed by atoms with E-state index in [-0.39, 0.29) is 23.0 Å². The van der Waals surface area contributed by atoms with Crippen LogP contribution in [-0.4, -0.2) is 34.7 Å². The van der Waals surface area contributed by atoms with Crippen molar-refractivity contribution in [2.45, 2.75) is 105 Å². The number of ether oxygens (including phenoxy) is 2. The summed E-state index contributed by atoms with van der Waals surface area (Å²) in [6.07, 6.45) is 8.36. The topological polar surface area (TPSA) is 89.9 Å². The van der Waals surface area contributed by atoms with Crippen LogP contribution in [0.2, 0.25) is 0 Å². The number of hydrogen-bond donors (Lipinski definition) is 1. The Bertz CT molecular complexity index is 1060. The van der Waals surface area contributed by atoms with Gasteiger partial charge in [-0.1, -0.05) is 53.0 Å². The molecule has 5 rings (SSSR count). The molecule has 0 saturated heterocycles. The molecule has 1 unspecified atom stereocenters. The van der Waals surface area contributed by atoms with Crippen LogP contribution in [0, 0.1) is 40.4 Å². The Labute approximate surface area is 214 Å². The first kappa shape index (κ1) is 25.7. The number of carbonyl (C=O) groups excluding carboxylic acids is 3. The highest BCUT2D eigenvalue weighted by atomic mass is 16.7. The van der Waals surface area contributed by atoms with Gasteiger partial charge in [-0.3, -0.25) is 9.59 Å². The number of fused-ring (bicyclic) bond motifs is 3. The molecule has 9 atom stereocenters. The van der Waals surface area contributed by atoms with E-state index in [1.165, 1.54) is 0 Å². The molecule has 0 bridgehead atoms. The van der Waals surface area contributed by atoms with Crippen molar-refractivity contribution in [1.29, 1.82) is 0 Å². The fraction of sp³-hybridized carbons (Fsp3) is 0.767. The Morgan fingerprint density at radius 1 is 1.08 bits per heavy atom. The summed E-state index contributed by atoms with van der Waals surface area (Å²) in [6.45, 7) is 12.2. The second-order valence-corrected chi connectivity index (χ2v) is 13.0. The molecule has 0 radical (unpaired) electrons. The molecule has 5 aliphatic rings. The van der Waals surface area contributed by atoms with Gasteiger partial charge < -0.3 is 14.6 Å². The largest absolute Gasteiger partial charge is 0.456 e. The average molecular weight is 499 g/mol. The van der Waals surface area contributed by atoms with E-state index >= 15 is 0 Å². The summed E-state index contributed by atoms with van der Waals surface area (Å²) < 4.78 is 11.8. The summed E-state index contributed by atoms with van der Waals surface area (Å²) in [6, 6.07) is 0. The first-order valence-corrected chi connectivity index (χ1v) is 14.0. The van der Waals surface area contributed by atoms with Crippen molar-refractivity contribution in [3.8, 4) is 0 Å². The summed E-state index contributed by atoms with van der Waals surface area (Å²) in [5.41, 5.74) is 0.768. The number of aliphatic hydroxyl groups is 1. The van der Waals surface area contributed by atoms with Crippen LogP contribution in [0.4, 0.5) is 0 Å². The minimum Gasteiger partial charge on any atom is -0.456 e. The van der Waals surface area contributed by atoms with Gasteiger partial charge in [0.05, 0.1) is 11.5 Å². The molecule has 3 saturated carbocycles. The van der Waals surface area contributed by atoms with E-state index in [0.717, 1.165) is 38.5 Å². The third-order valence-corrected chi connectivity index (χ3v) is 11.3. The zero-order chi connectivity index (χ0) is 26.2. The van der Waals surface area contributed by atoms with Gasteiger partial charge in [-0.2, -0.15) is 0 Å². The van der Waals surface area contributed by atoms with Crippen LogP contribution in [0.25, 0.3) is 0 Å². The third-order valence-electron chi connectivity index (χ3n) is 11.3. The molecular formula is C30H42O6. The maximum absolute atomic E-state index is 13.8. The van der Waals surface area contributed by atoms with Crippen molar-refractivity contribution in [2.24, 2.45) is 40.4 Å². The standard InChI is InChI=1S/C30H42O6/c1-16-9-7-11-20-13-23(31)22(15-28(16,20)5)18(3)26(32)35-25-24-19(4)27(33)36-30(24,34)14-21-12-8-10-17(2)29(21,25)6/h15-18,20-21,25,34H,7-14H2,1-6H3/t16-,17-,18?,20+,21+,25+,28+,29+,30+/m0/s1. The Kier molecular flexibility index (Phi) is 6.09. The number of allylic oxidation sites excluding steroid dienone is 1. The van der Waals surface area contributed by atoms with Gasteiger partial charge in [0.25, 0.3) is 0 Å². The molecule has 0 spiro atoms. The number of esters is 2. The van der Waals surface area contributed by atoms with Crippen LogP contribution in [-0.2, 0) is 23.9 Å². The highest BCUT2D eigenvalue weighted by Gasteiger charge is 2.64. The number of ketones is 1. The van der Waals surface area contributed by atoms with E-state index in [1.807, 2.05) is 0 Å². The molecule has 3 fully saturated rings. The SMILES string of the molecule is CC1=C2[C@@H](OC(=O)C(C)C3=C[C@@]4(C)[C@H](CCC[C@@H]4C)CC3=O)[C@@]3(C)[C@H](CCC[C@@H]3C)C[C@@]2(O)OC1=O. The predicted molar refractivity (Wildman–Crippen MR) is 134 cm³/mol. The van der Waals surface area contributed by atoms with Gasteiger partial charge in [0.1, 0.15) is 6.10 Å². The fourth-order valence-electron chi connectivity index (χ4n) is 8.31. The molecule has 0 aromatic rings. The van der Waals surface area contributed by atoms with E-state index in [9.17, 15) is 19.5 Å². The zero-order valence-electron chi connectivity index (χ0n) is 22.7. The highest BCUT2D eigenvalue weighted by Crippen LogP contribution is 2.60. The summed E-state index contributed by atoms with van der Waals surface area (Å²) in [5, 5.41) is 11.4. The van der Waals surface area contributed by atoms with Crippen molar-refractivity contribution in [3.63, 3.8) is 0 Å². The van der Waals surface area contributed by atoms with Crippen LogP contribution in [0.15, 0.2) is 22.8 Å². The zero-order valence-corrected chi connectivity index (χ0v) is 22.7. The van der Waals surface area contributed by atoms with Gasteiger partial charge >= 0.3 is 11.9 Å². The van der Waals surface area contributed by atoms with Crippen LogP contribution < -0.4 is 0 Å². The van der Waals surface area contributed by atoms with Gasteiger partial charge in [-0.25, -0.2) is 4.79 Å². The second-order valence-electron chi connectivity index (χ2n) is 13.0. The molecule has 1 heterocycles. The molecule has 0 aromatic heterocycles. The summed E-state index contributed by atoms with van der Waals surface area (Å²) in [4.78, 5) is 39.5. The second kappa shape index (κ2) is 8.54. The smallest absolute Gasteiger partial charge is 0.336 e.